The highest BCUT2D eigenvalue weighted by molar-refractivity contribution is 5.96. The first-order valence-electron chi connectivity index (χ1n) is 48.0. The third-order valence-corrected chi connectivity index (χ3v) is 21.6. The summed E-state index contributed by atoms with van der Waals surface area (Å²) in [6.45, 7) is 15.8. The Kier molecular flexibility index (Phi) is 81.4. The van der Waals surface area contributed by atoms with Crippen molar-refractivity contribution in [1.29, 1.82) is 0 Å². The first-order chi connectivity index (χ1) is 56.1. The Labute approximate surface area is 700 Å². The Morgan fingerprint density at radius 2 is 0.439 bits per heavy atom. The molecular weight excluding hydrogens is 1420 g/mol. The van der Waals surface area contributed by atoms with Crippen molar-refractivity contribution in [2.24, 2.45) is 0 Å². The lowest BCUT2D eigenvalue weighted by Gasteiger charge is -2.30. The second kappa shape index (κ2) is 87.0. The van der Waals surface area contributed by atoms with Gasteiger partial charge in [-0.25, -0.2) is 0 Å². The van der Waals surface area contributed by atoms with Gasteiger partial charge in [0, 0.05) is 25.7 Å². The molecule has 0 aliphatic carbocycles. The molecule has 1 saturated heterocycles. The highest BCUT2D eigenvalue weighted by Gasteiger charge is 2.33. The van der Waals surface area contributed by atoms with Gasteiger partial charge in [0.1, 0.15) is 12.1 Å². The maximum absolute atomic E-state index is 13.6. The van der Waals surface area contributed by atoms with E-state index >= 15 is 0 Å². The molecule has 1 aliphatic rings. The number of unbranched alkanes of at least 4 members (excludes halogenated alkanes) is 38. The largest absolute Gasteiger partial charge is 0.466 e. The Hall–Kier alpha value is -5.34. The second-order valence-electron chi connectivity index (χ2n) is 32.4. The molecule has 2 N–H and O–H groups in total. The van der Waals surface area contributed by atoms with Gasteiger partial charge in [-0.05, 0) is 283 Å². The fourth-order valence-corrected chi connectivity index (χ4v) is 14.2. The van der Waals surface area contributed by atoms with Gasteiger partial charge in [0.2, 0.25) is 11.8 Å². The summed E-state index contributed by atoms with van der Waals surface area (Å²) in [6.07, 6.45) is 100. The lowest BCUT2D eigenvalue weighted by Crippen LogP contribution is -2.61. The Morgan fingerprint density at radius 3 is 0.658 bits per heavy atom. The standard InChI is InChI=1S/C100H176N4O10/c1-5-9-13-17-21-25-29-33-37-41-45-49-53-57-61-79-95(105)111-89-73-69-85-103(86-70-74-90-112-96(106)80-62-58-54-50-46-42-38-34-30-26-22-18-14-10-6-2)83-67-65-77-93-99(109)102-94(100(110)101-93)78-66-68-84-104(87-71-75-91-113-97(107)81-63-59-55-51-47-43-39-35-31-27-23-19-15-11-7-3)88-72-76-92-114-98(108)82-64-60-56-52-48-44-40-36-32-28-24-20-16-12-8-4/h21-28,33-40,93-94H,5-20,29-32,41-92H2,1-4H3,(H,101,110)(H,102,109)/b25-21+,26-22+,27-23+,28-24+,37-33+,38-34+,39-35+,40-36+. The number of rotatable bonds is 86. The molecule has 1 rings (SSSR count). The zero-order valence-electron chi connectivity index (χ0n) is 74.3. The number of nitrogens with zero attached hydrogens (tertiary/aromatic N) is 2. The number of allylic oxidation sites excluding steroid dienone is 16. The molecule has 114 heavy (non-hydrogen) atoms. The third kappa shape index (κ3) is 76.6. The van der Waals surface area contributed by atoms with Crippen molar-refractivity contribution < 1.29 is 47.7 Å². The van der Waals surface area contributed by atoms with Crippen LogP contribution in [0.5, 0.6) is 0 Å². The minimum Gasteiger partial charge on any atom is -0.466 e. The van der Waals surface area contributed by atoms with Crippen molar-refractivity contribution in [2.75, 3.05) is 65.7 Å². The molecule has 0 saturated carbocycles. The lowest BCUT2D eigenvalue weighted by atomic mass is 10.0. The van der Waals surface area contributed by atoms with E-state index in [2.05, 4.69) is 145 Å². The van der Waals surface area contributed by atoms with Gasteiger partial charge in [0.25, 0.3) is 0 Å². The van der Waals surface area contributed by atoms with Crippen LogP contribution in [-0.4, -0.2) is 123 Å². The first kappa shape index (κ1) is 107. The molecule has 656 valence electrons. The highest BCUT2D eigenvalue weighted by atomic mass is 16.5. The zero-order chi connectivity index (χ0) is 82.2. The van der Waals surface area contributed by atoms with E-state index < -0.39 is 12.1 Å². The molecule has 0 aromatic carbocycles. The summed E-state index contributed by atoms with van der Waals surface area (Å²) < 4.78 is 22.7. The number of piperazine rings is 1. The summed E-state index contributed by atoms with van der Waals surface area (Å²) in [5, 5.41) is 6.13. The first-order valence-corrected chi connectivity index (χ1v) is 48.0. The average molecular weight is 1590 g/mol. The molecule has 0 aromatic heterocycles. The van der Waals surface area contributed by atoms with E-state index in [0.29, 0.717) is 65.0 Å². The van der Waals surface area contributed by atoms with Gasteiger partial charge in [-0.15, -0.1) is 0 Å². The number of carbonyl (C=O) groups is 6. The molecule has 14 nitrogen and oxygen atoms in total. The van der Waals surface area contributed by atoms with Crippen LogP contribution in [0.1, 0.15) is 426 Å². The summed E-state index contributed by atoms with van der Waals surface area (Å²) >= 11 is 0. The van der Waals surface area contributed by atoms with Gasteiger partial charge < -0.3 is 39.4 Å². The zero-order valence-corrected chi connectivity index (χ0v) is 74.3. The monoisotopic (exact) mass is 1590 g/mol. The molecule has 1 fully saturated rings. The van der Waals surface area contributed by atoms with Crippen LogP contribution in [-0.2, 0) is 47.7 Å². The number of ether oxygens (including phenoxy) is 4. The molecule has 0 bridgehead atoms. The van der Waals surface area contributed by atoms with Crippen LogP contribution < -0.4 is 10.6 Å². The summed E-state index contributed by atoms with van der Waals surface area (Å²) in [5.41, 5.74) is 0. The maximum Gasteiger partial charge on any atom is 0.305 e. The van der Waals surface area contributed by atoms with Gasteiger partial charge in [-0.1, -0.05) is 253 Å². The highest BCUT2D eigenvalue weighted by Crippen LogP contribution is 2.18. The summed E-state index contributed by atoms with van der Waals surface area (Å²) in [5.74, 6) is -0.661. The van der Waals surface area contributed by atoms with Crippen LogP contribution >= 0.6 is 0 Å². The van der Waals surface area contributed by atoms with Crippen LogP contribution in [0.3, 0.4) is 0 Å². The van der Waals surface area contributed by atoms with Gasteiger partial charge in [0.15, 0.2) is 0 Å². The van der Waals surface area contributed by atoms with Crippen LogP contribution in [0, 0.1) is 0 Å². The topological polar surface area (TPSA) is 170 Å². The van der Waals surface area contributed by atoms with Gasteiger partial charge in [-0.3, -0.25) is 28.8 Å². The van der Waals surface area contributed by atoms with Crippen LogP contribution in [0.15, 0.2) is 97.2 Å². The molecule has 1 aliphatic heterocycles. The SMILES string of the molecule is CCCCC/C=C/C/C=C/CCCCCCCC(=O)OCCCCN(CCCCOC(=O)CCCCCCC/C=C/C/C=C/CCCCC)CCCCC1NC(=O)C(CCCCN(CCCCOC(=O)CCCCCCC/C=C/C/C=C/CCCCC)CCCCOC(=O)CCCCCCC/C=C/C/C=C/CCCCC)NC1=O. The van der Waals surface area contributed by atoms with Crippen molar-refractivity contribution >= 4 is 35.7 Å². The quantitative estimate of drug-likeness (QED) is 0.0256. The van der Waals surface area contributed by atoms with E-state index in [9.17, 15) is 28.8 Å². The van der Waals surface area contributed by atoms with Crippen LogP contribution in [0.2, 0.25) is 0 Å². The normalized spacial score (nSPS) is 14.2. The van der Waals surface area contributed by atoms with E-state index in [4.69, 9.17) is 18.9 Å². The van der Waals surface area contributed by atoms with Gasteiger partial charge in [0.05, 0.1) is 26.4 Å². The smallest absolute Gasteiger partial charge is 0.305 e. The number of amides is 2. The van der Waals surface area contributed by atoms with Crippen molar-refractivity contribution in [3.05, 3.63) is 97.2 Å². The molecule has 0 spiro atoms. The molecular formula is C100H176N4O10. The van der Waals surface area contributed by atoms with Gasteiger partial charge >= 0.3 is 23.9 Å². The lowest BCUT2D eigenvalue weighted by molar-refractivity contribution is -0.144. The number of esters is 4. The van der Waals surface area contributed by atoms with Crippen molar-refractivity contribution in [1.82, 2.24) is 20.4 Å². The molecule has 14 heteroatoms. The summed E-state index contributed by atoms with van der Waals surface area (Å²) in [7, 11) is 0. The molecule has 0 aromatic rings. The van der Waals surface area contributed by atoms with Crippen molar-refractivity contribution in [2.45, 2.75) is 438 Å². The van der Waals surface area contributed by atoms with E-state index in [1.807, 2.05) is 0 Å². The van der Waals surface area contributed by atoms with E-state index in [1.165, 1.54) is 154 Å². The van der Waals surface area contributed by atoms with Crippen LogP contribution in [0.4, 0.5) is 0 Å². The van der Waals surface area contributed by atoms with Gasteiger partial charge in [-0.2, -0.15) is 0 Å². The number of hydrogen-bond acceptors (Lipinski definition) is 12. The molecule has 2 atom stereocenters. The van der Waals surface area contributed by atoms with E-state index in [-0.39, 0.29) is 35.7 Å². The number of carbonyl (C=O) groups excluding carboxylic acids is 6. The Bertz CT molecular complexity index is 2160. The number of hydrogen-bond donors (Lipinski definition) is 2. The minimum atomic E-state index is -0.564. The molecule has 2 unspecified atom stereocenters. The maximum atomic E-state index is 13.6. The van der Waals surface area contributed by atoms with Crippen molar-refractivity contribution in [3.8, 4) is 0 Å². The minimum absolute atomic E-state index is 0.106. The summed E-state index contributed by atoms with van der Waals surface area (Å²) in [4.78, 5) is 82.6. The molecule has 2 amide bonds. The fraction of sp³-hybridized carbons (Fsp3) is 0.780. The predicted molar refractivity (Wildman–Crippen MR) is 483 cm³/mol. The second-order valence-corrected chi connectivity index (χ2v) is 32.4. The van der Waals surface area contributed by atoms with Crippen molar-refractivity contribution in [3.63, 3.8) is 0 Å². The Morgan fingerprint density at radius 1 is 0.246 bits per heavy atom. The fourth-order valence-electron chi connectivity index (χ4n) is 14.2. The van der Waals surface area contributed by atoms with Crippen LogP contribution in [0.25, 0.3) is 0 Å². The van der Waals surface area contributed by atoms with E-state index in [1.54, 1.807) is 0 Å². The molecule has 1 heterocycles. The Balaban J connectivity index is 2.66. The predicted octanol–water partition coefficient (Wildman–Crippen LogP) is 26.5. The summed E-state index contributed by atoms with van der Waals surface area (Å²) in [6, 6.07) is -1.13. The molecule has 0 radical (unpaired) electrons. The average Bonchev–Trinajstić information content (AvgIpc) is 0.846. The van der Waals surface area contributed by atoms with E-state index in [0.717, 1.165) is 245 Å². The number of nitrogens with one attached hydrogen (secondary N) is 2. The third-order valence-electron chi connectivity index (χ3n) is 21.6.